The Hall–Kier alpha value is -1.35. The second kappa shape index (κ2) is 3.18. The van der Waals surface area contributed by atoms with E-state index in [1.165, 1.54) is 12.1 Å². The Labute approximate surface area is 79.6 Å². The SMILES string of the molecule is Fc1ccc(-n2ccnc2Cl)cc1. The summed E-state index contributed by atoms with van der Waals surface area (Å²) in [5.41, 5.74) is 0.795. The fraction of sp³-hybridized carbons (Fsp3) is 0. The molecule has 0 aliphatic rings. The second-order valence-corrected chi connectivity index (χ2v) is 2.88. The summed E-state index contributed by atoms with van der Waals surface area (Å²) in [6, 6.07) is 6.04. The lowest BCUT2D eigenvalue weighted by atomic mass is 10.3. The molecule has 0 aliphatic carbocycles. The number of rotatable bonds is 1. The molecule has 0 saturated heterocycles. The first-order chi connectivity index (χ1) is 6.27. The Morgan fingerprint density at radius 1 is 1.23 bits per heavy atom. The molecule has 0 N–H and O–H groups in total. The van der Waals surface area contributed by atoms with Gasteiger partial charge in [-0.05, 0) is 35.9 Å². The Bertz CT molecular complexity index is 408. The highest BCUT2D eigenvalue weighted by Gasteiger charge is 2.00. The molecule has 4 heteroatoms. The van der Waals surface area contributed by atoms with Crippen molar-refractivity contribution in [1.82, 2.24) is 9.55 Å². The molecule has 0 bridgehead atoms. The summed E-state index contributed by atoms with van der Waals surface area (Å²) in [6.07, 6.45) is 3.31. The van der Waals surface area contributed by atoms with Gasteiger partial charge in [-0.25, -0.2) is 9.37 Å². The van der Waals surface area contributed by atoms with Gasteiger partial charge in [0.15, 0.2) is 0 Å². The molecule has 0 radical (unpaired) electrons. The van der Waals surface area contributed by atoms with Crippen LogP contribution in [-0.2, 0) is 0 Å². The molecule has 0 unspecified atom stereocenters. The normalized spacial score (nSPS) is 10.3. The maximum atomic E-state index is 12.6. The third-order valence-corrected chi connectivity index (χ3v) is 1.98. The molecule has 0 saturated carbocycles. The van der Waals surface area contributed by atoms with Gasteiger partial charge in [0.2, 0.25) is 5.28 Å². The largest absolute Gasteiger partial charge is 0.291 e. The average Bonchev–Trinajstić information content (AvgIpc) is 2.53. The first-order valence-corrected chi connectivity index (χ1v) is 4.10. The minimum Gasteiger partial charge on any atom is -0.291 e. The molecular weight excluding hydrogens is 191 g/mol. The highest BCUT2D eigenvalue weighted by Crippen LogP contribution is 2.14. The number of nitrogens with zero attached hydrogens (tertiary/aromatic N) is 2. The molecule has 1 aromatic heterocycles. The summed E-state index contributed by atoms with van der Waals surface area (Å²) in [4.78, 5) is 3.85. The summed E-state index contributed by atoms with van der Waals surface area (Å²) in [5, 5.41) is 0.367. The maximum absolute atomic E-state index is 12.6. The predicted octanol–water partition coefficient (Wildman–Crippen LogP) is 2.66. The zero-order valence-electron chi connectivity index (χ0n) is 6.61. The van der Waals surface area contributed by atoms with E-state index < -0.39 is 0 Å². The number of benzene rings is 1. The van der Waals surface area contributed by atoms with Crippen LogP contribution in [0.2, 0.25) is 5.28 Å². The fourth-order valence-electron chi connectivity index (χ4n) is 1.08. The van der Waals surface area contributed by atoms with Crippen molar-refractivity contribution in [3.05, 3.63) is 47.8 Å². The first kappa shape index (κ1) is 8.26. The molecule has 0 fully saturated rings. The highest BCUT2D eigenvalue weighted by atomic mass is 35.5. The minimum atomic E-state index is -0.264. The fourth-order valence-corrected chi connectivity index (χ4v) is 1.29. The van der Waals surface area contributed by atoms with Crippen LogP contribution in [0.4, 0.5) is 4.39 Å². The molecule has 1 aromatic carbocycles. The first-order valence-electron chi connectivity index (χ1n) is 3.72. The predicted molar refractivity (Wildman–Crippen MR) is 48.5 cm³/mol. The zero-order chi connectivity index (χ0) is 9.26. The van der Waals surface area contributed by atoms with Crippen molar-refractivity contribution in [2.45, 2.75) is 0 Å². The minimum absolute atomic E-state index is 0.264. The zero-order valence-corrected chi connectivity index (χ0v) is 7.37. The van der Waals surface area contributed by atoms with Crippen LogP contribution < -0.4 is 0 Å². The highest BCUT2D eigenvalue weighted by molar-refractivity contribution is 6.28. The Morgan fingerprint density at radius 3 is 2.46 bits per heavy atom. The van der Waals surface area contributed by atoms with Crippen LogP contribution in [0.1, 0.15) is 0 Å². The van der Waals surface area contributed by atoms with Crippen LogP contribution >= 0.6 is 11.6 Å². The van der Waals surface area contributed by atoms with Crippen molar-refractivity contribution in [2.24, 2.45) is 0 Å². The summed E-state index contributed by atoms with van der Waals surface area (Å²) in [6.45, 7) is 0. The monoisotopic (exact) mass is 196 g/mol. The van der Waals surface area contributed by atoms with Crippen molar-refractivity contribution in [2.75, 3.05) is 0 Å². The van der Waals surface area contributed by atoms with Crippen LogP contribution in [0, 0.1) is 5.82 Å². The summed E-state index contributed by atoms with van der Waals surface area (Å²) in [5.74, 6) is -0.264. The summed E-state index contributed by atoms with van der Waals surface area (Å²) >= 11 is 5.77. The van der Waals surface area contributed by atoms with Crippen molar-refractivity contribution < 1.29 is 4.39 Å². The van der Waals surface area contributed by atoms with Crippen LogP contribution in [0.5, 0.6) is 0 Å². The van der Waals surface area contributed by atoms with Crippen molar-refractivity contribution in [3.63, 3.8) is 0 Å². The smallest absolute Gasteiger partial charge is 0.207 e. The standard InChI is InChI=1S/C9H6ClFN2/c10-9-12-5-6-13(9)8-3-1-7(11)2-4-8/h1-6H. The summed E-state index contributed by atoms with van der Waals surface area (Å²) in [7, 11) is 0. The maximum Gasteiger partial charge on any atom is 0.207 e. The molecule has 2 nitrogen and oxygen atoms in total. The third kappa shape index (κ3) is 1.55. The average molecular weight is 197 g/mol. The van der Waals surface area contributed by atoms with Gasteiger partial charge >= 0.3 is 0 Å². The number of aromatic nitrogens is 2. The van der Waals surface area contributed by atoms with Gasteiger partial charge in [0.1, 0.15) is 5.82 Å². The van der Waals surface area contributed by atoms with Gasteiger partial charge in [-0.15, -0.1) is 0 Å². The molecule has 66 valence electrons. The van der Waals surface area contributed by atoms with Crippen LogP contribution in [0.25, 0.3) is 5.69 Å². The van der Waals surface area contributed by atoms with Gasteiger partial charge in [0, 0.05) is 18.1 Å². The molecule has 0 aliphatic heterocycles. The van der Waals surface area contributed by atoms with E-state index in [0.29, 0.717) is 5.28 Å². The Morgan fingerprint density at radius 2 is 1.92 bits per heavy atom. The summed E-state index contributed by atoms with van der Waals surface area (Å²) < 4.78 is 14.2. The molecule has 0 spiro atoms. The van der Waals surface area contributed by atoms with E-state index in [1.807, 2.05) is 0 Å². The third-order valence-electron chi connectivity index (χ3n) is 1.70. The second-order valence-electron chi connectivity index (χ2n) is 2.54. The topological polar surface area (TPSA) is 17.8 Å². The van der Waals surface area contributed by atoms with Gasteiger partial charge in [0.05, 0.1) is 0 Å². The quantitative estimate of drug-likeness (QED) is 0.686. The van der Waals surface area contributed by atoms with E-state index in [-0.39, 0.29) is 5.82 Å². The molecule has 1 heterocycles. The van der Waals surface area contributed by atoms with E-state index >= 15 is 0 Å². The van der Waals surface area contributed by atoms with Crippen LogP contribution in [0.15, 0.2) is 36.7 Å². The van der Waals surface area contributed by atoms with Gasteiger partial charge in [0.25, 0.3) is 0 Å². The van der Waals surface area contributed by atoms with Gasteiger partial charge in [-0.3, -0.25) is 4.57 Å². The lowest BCUT2D eigenvalue weighted by molar-refractivity contribution is 0.627. The van der Waals surface area contributed by atoms with E-state index in [0.717, 1.165) is 5.69 Å². The molecule has 2 aromatic rings. The van der Waals surface area contributed by atoms with E-state index in [2.05, 4.69) is 4.98 Å². The van der Waals surface area contributed by atoms with Gasteiger partial charge in [-0.1, -0.05) is 0 Å². The number of halogens is 2. The van der Waals surface area contributed by atoms with E-state index in [9.17, 15) is 4.39 Å². The van der Waals surface area contributed by atoms with Crippen molar-refractivity contribution in [1.29, 1.82) is 0 Å². The molecule has 0 amide bonds. The lowest BCUT2D eigenvalue weighted by Gasteiger charge is -2.02. The number of hydrogen-bond donors (Lipinski definition) is 0. The molecule has 0 atom stereocenters. The molecule has 2 rings (SSSR count). The van der Waals surface area contributed by atoms with Gasteiger partial charge < -0.3 is 0 Å². The Kier molecular flexibility index (Phi) is 2.02. The van der Waals surface area contributed by atoms with Crippen LogP contribution in [-0.4, -0.2) is 9.55 Å². The van der Waals surface area contributed by atoms with Gasteiger partial charge in [-0.2, -0.15) is 0 Å². The molecular formula is C9H6ClFN2. The van der Waals surface area contributed by atoms with E-state index in [1.54, 1.807) is 29.1 Å². The van der Waals surface area contributed by atoms with Crippen molar-refractivity contribution in [3.8, 4) is 5.69 Å². The Balaban J connectivity index is 2.47. The molecule has 13 heavy (non-hydrogen) atoms. The number of imidazole rings is 1. The van der Waals surface area contributed by atoms with Crippen LogP contribution in [0.3, 0.4) is 0 Å². The lowest BCUT2D eigenvalue weighted by Crippen LogP contribution is -1.91. The van der Waals surface area contributed by atoms with E-state index in [4.69, 9.17) is 11.6 Å². The number of hydrogen-bond acceptors (Lipinski definition) is 1. The van der Waals surface area contributed by atoms with Crippen molar-refractivity contribution >= 4 is 11.6 Å².